The van der Waals surface area contributed by atoms with Gasteiger partial charge in [0.2, 0.25) is 0 Å². The van der Waals surface area contributed by atoms with Crippen LogP contribution in [0.15, 0.2) is 18.2 Å². The highest BCUT2D eigenvalue weighted by atomic mass is 16.7. The highest BCUT2D eigenvalue weighted by molar-refractivity contribution is 6.62. The minimum atomic E-state index is -0.351. The Bertz CT molecular complexity index is 780. The number of benzene rings is 1. The second-order valence-electron chi connectivity index (χ2n) is 7.91. The molecule has 7 heteroatoms. The average Bonchev–Trinajstić information content (AvgIpc) is 3.01. The van der Waals surface area contributed by atoms with E-state index in [1.807, 2.05) is 11.7 Å². The molecule has 0 amide bonds. The third-order valence-corrected chi connectivity index (χ3v) is 5.69. The summed E-state index contributed by atoms with van der Waals surface area (Å²) in [5.41, 5.74) is 1.45. The topological polar surface area (TPSA) is 48.8 Å². The van der Waals surface area contributed by atoms with Crippen molar-refractivity contribution in [2.24, 2.45) is 7.05 Å². The zero-order valence-corrected chi connectivity index (χ0v) is 15.7. The van der Waals surface area contributed by atoms with Gasteiger partial charge in [-0.2, -0.15) is 5.10 Å². The molecule has 0 spiro atoms. The van der Waals surface area contributed by atoms with E-state index in [9.17, 15) is 0 Å². The lowest BCUT2D eigenvalue weighted by molar-refractivity contribution is 0.00578. The van der Waals surface area contributed by atoms with Crippen molar-refractivity contribution in [3.05, 3.63) is 18.2 Å². The molecule has 2 aliphatic heterocycles. The third kappa shape index (κ3) is 2.74. The number of aromatic nitrogens is 2. The molecule has 25 heavy (non-hydrogen) atoms. The molecule has 0 radical (unpaired) electrons. The first kappa shape index (κ1) is 16.9. The number of ether oxygens (including phenoxy) is 1. The van der Waals surface area contributed by atoms with E-state index in [0.29, 0.717) is 0 Å². The molecule has 2 fully saturated rings. The van der Waals surface area contributed by atoms with Gasteiger partial charge >= 0.3 is 7.12 Å². The Morgan fingerprint density at radius 1 is 1.04 bits per heavy atom. The van der Waals surface area contributed by atoms with Gasteiger partial charge in [-0.1, -0.05) is 6.07 Å². The monoisotopic (exact) mass is 343 g/mol. The molecule has 0 bridgehead atoms. The minimum Gasteiger partial charge on any atom is -0.399 e. The van der Waals surface area contributed by atoms with Crippen molar-refractivity contribution < 1.29 is 14.0 Å². The second-order valence-corrected chi connectivity index (χ2v) is 7.91. The van der Waals surface area contributed by atoms with Crippen LogP contribution in [0.2, 0.25) is 0 Å². The van der Waals surface area contributed by atoms with Crippen molar-refractivity contribution in [2.75, 3.05) is 31.2 Å². The summed E-state index contributed by atoms with van der Waals surface area (Å²) in [6, 6.07) is 6.36. The molecule has 0 aliphatic carbocycles. The number of hydrogen-bond donors (Lipinski definition) is 0. The second kappa shape index (κ2) is 5.72. The summed E-state index contributed by atoms with van der Waals surface area (Å²) in [4.78, 5) is 2.29. The number of hydrogen-bond acceptors (Lipinski definition) is 5. The smallest absolute Gasteiger partial charge is 0.399 e. The van der Waals surface area contributed by atoms with Crippen molar-refractivity contribution in [2.45, 2.75) is 38.9 Å². The predicted molar refractivity (Wildman–Crippen MR) is 99.5 cm³/mol. The molecule has 2 aliphatic rings. The van der Waals surface area contributed by atoms with Gasteiger partial charge in [0.15, 0.2) is 5.82 Å². The molecule has 3 heterocycles. The third-order valence-electron chi connectivity index (χ3n) is 5.69. The van der Waals surface area contributed by atoms with E-state index < -0.39 is 0 Å². The summed E-state index contributed by atoms with van der Waals surface area (Å²) < 4.78 is 19.8. The summed E-state index contributed by atoms with van der Waals surface area (Å²) in [6.45, 7) is 11.6. The summed E-state index contributed by atoms with van der Waals surface area (Å²) in [6.07, 6.45) is 0. The highest BCUT2D eigenvalue weighted by Gasteiger charge is 2.51. The Morgan fingerprint density at radius 2 is 1.68 bits per heavy atom. The molecule has 2 saturated heterocycles. The predicted octanol–water partition coefficient (Wildman–Crippen LogP) is 1.71. The first-order valence-electron chi connectivity index (χ1n) is 8.93. The van der Waals surface area contributed by atoms with Crippen LogP contribution in [0.4, 0.5) is 5.82 Å². The van der Waals surface area contributed by atoms with Gasteiger partial charge in [0.05, 0.1) is 29.9 Å². The highest BCUT2D eigenvalue weighted by Crippen LogP contribution is 2.37. The van der Waals surface area contributed by atoms with Crippen molar-refractivity contribution in [3.8, 4) is 0 Å². The van der Waals surface area contributed by atoms with Crippen LogP contribution >= 0.6 is 0 Å². The summed E-state index contributed by atoms with van der Waals surface area (Å²) in [7, 11) is 1.64. The molecular weight excluding hydrogens is 317 g/mol. The molecule has 2 aromatic rings. The molecule has 1 aromatic heterocycles. The Hall–Kier alpha value is -1.57. The van der Waals surface area contributed by atoms with E-state index in [-0.39, 0.29) is 18.3 Å². The Balaban J connectivity index is 1.69. The quantitative estimate of drug-likeness (QED) is 0.777. The lowest BCUT2D eigenvalue weighted by Crippen LogP contribution is -2.41. The van der Waals surface area contributed by atoms with Gasteiger partial charge in [-0.05, 0) is 45.3 Å². The van der Waals surface area contributed by atoms with Gasteiger partial charge in [0.1, 0.15) is 0 Å². The van der Waals surface area contributed by atoms with Crippen LogP contribution in [0.1, 0.15) is 27.7 Å². The van der Waals surface area contributed by atoms with Crippen LogP contribution in [0.5, 0.6) is 0 Å². The first-order chi connectivity index (χ1) is 11.8. The average molecular weight is 343 g/mol. The standard InChI is InChI=1S/C18H26BN3O3/c1-17(2)18(3,4)25-19(24-17)13-6-7-14-15(12-13)21(5)20-16(14)22-8-10-23-11-9-22/h6-7,12H,8-11H2,1-5H3. The first-order valence-corrected chi connectivity index (χ1v) is 8.93. The van der Waals surface area contributed by atoms with Gasteiger partial charge in [-0.3, -0.25) is 4.68 Å². The van der Waals surface area contributed by atoms with Crippen LogP contribution in [0.25, 0.3) is 10.9 Å². The zero-order chi connectivity index (χ0) is 17.8. The van der Waals surface area contributed by atoms with Crippen molar-refractivity contribution in [1.82, 2.24) is 9.78 Å². The van der Waals surface area contributed by atoms with E-state index in [1.165, 1.54) is 0 Å². The molecule has 1 aromatic carbocycles. The largest absolute Gasteiger partial charge is 0.494 e. The lowest BCUT2D eigenvalue weighted by Gasteiger charge is -2.32. The maximum absolute atomic E-state index is 6.18. The van der Waals surface area contributed by atoms with E-state index in [4.69, 9.17) is 19.1 Å². The van der Waals surface area contributed by atoms with Crippen molar-refractivity contribution >= 4 is 29.3 Å². The maximum atomic E-state index is 6.18. The van der Waals surface area contributed by atoms with Crippen LogP contribution in [-0.2, 0) is 21.1 Å². The molecule has 0 unspecified atom stereocenters. The van der Waals surface area contributed by atoms with Gasteiger partial charge in [-0.25, -0.2) is 0 Å². The van der Waals surface area contributed by atoms with Gasteiger partial charge in [0, 0.05) is 25.5 Å². The number of nitrogens with zero attached hydrogens (tertiary/aromatic N) is 3. The molecule has 0 atom stereocenters. The molecule has 134 valence electrons. The Morgan fingerprint density at radius 3 is 2.32 bits per heavy atom. The number of aryl methyl sites for hydroxylation is 1. The van der Waals surface area contributed by atoms with Crippen LogP contribution in [0, 0.1) is 0 Å². The van der Waals surface area contributed by atoms with Crippen LogP contribution in [-0.4, -0.2) is 54.4 Å². The molecule has 0 saturated carbocycles. The fraction of sp³-hybridized carbons (Fsp3) is 0.611. The maximum Gasteiger partial charge on any atom is 0.494 e. The summed E-state index contributed by atoms with van der Waals surface area (Å²) in [5, 5.41) is 5.90. The van der Waals surface area contributed by atoms with Gasteiger partial charge in [-0.15, -0.1) is 0 Å². The fourth-order valence-corrected chi connectivity index (χ4v) is 3.39. The van der Waals surface area contributed by atoms with E-state index in [0.717, 1.165) is 48.5 Å². The summed E-state index contributed by atoms with van der Waals surface area (Å²) in [5.74, 6) is 1.03. The molecule has 4 rings (SSSR count). The number of anilines is 1. The normalized spacial score (nSPS) is 22.8. The fourth-order valence-electron chi connectivity index (χ4n) is 3.39. The van der Waals surface area contributed by atoms with E-state index in [1.54, 1.807) is 0 Å². The molecule has 6 nitrogen and oxygen atoms in total. The van der Waals surface area contributed by atoms with E-state index in [2.05, 4.69) is 50.8 Å². The van der Waals surface area contributed by atoms with Crippen LogP contribution in [0.3, 0.4) is 0 Å². The molecule has 0 N–H and O–H groups in total. The van der Waals surface area contributed by atoms with Gasteiger partial charge < -0.3 is 18.9 Å². The summed E-state index contributed by atoms with van der Waals surface area (Å²) >= 11 is 0. The van der Waals surface area contributed by atoms with Crippen molar-refractivity contribution in [3.63, 3.8) is 0 Å². The Labute approximate surface area is 149 Å². The SMILES string of the molecule is Cn1nc(N2CCOCC2)c2ccc(B3OC(C)(C)C(C)(C)O3)cc21. The molecular formula is C18H26BN3O3. The lowest BCUT2D eigenvalue weighted by atomic mass is 9.79. The number of rotatable bonds is 2. The van der Waals surface area contributed by atoms with Gasteiger partial charge in [0.25, 0.3) is 0 Å². The zero-order valence-electron chi connectivity index (χ0n) is 15.7. The number of morpholine rings is 1. The van der Waals surface area contributed by atoms with Crippen molar-refractivity contribution in [1.29, 1.82) is 0 Å². The van der Waals surface area contributed by atoms with Crippen LogP contribution < -0.4 is 10.4 Å². The number of fused-ring (bicyclic) bond motifs is 1. The van der Waals surface area contributed by atoms with E-state index >= 15 is 0 Å². The Kier molecular flexibility index (Phi) is 3.86. The minimum absolute atomic E-state index is 0.335.